The van der Waals surface area contributed by atoms with Gasteiger partial charge in [-0.05, 0) is 30.2 Å². The number of carbonyl (C=O) groups is 1. The second-order valence-corrected chi connectivity index (χ2v) is 5.47. The van der Waals surface area contributed by atoms with Crippen molar-refractivity contribution in [1.29, 1.82) is 0 Å². The van der Waals surface area contributed by atoms with Crippen LogP contribution in [0, 0.1) is 0 Å². The number of ether oxygens (including phenoxy) is 2. The summed E-state index contributed by atoms with van der Waals surface area (Å²) in [4.78, 5) is 11.2. The van der Waals surface area contributed by atoms with Gasteiger partial charge in [-0.3, -0.25) is 0 Å². The molecule has 3 nitrogen and oxygen atoms in total. The van der Waals surface area contributed by atoms with Crippen LogP contribution in [0.1, 0.15) is 30.9 Å². The number of hydrogen-bond donors (Lipinski definition) is 0. The SMILES string of the molecule is C=C(C)C(=O)OCCOc1ccc(C(C)c2ccccc2)cc1. The number of rotatable bonds is 7. The van der Waals surface area contributed by atoms with E-state index in [0.717, 1.165) is 5.75 Å². The molecule has 3 heteroatoms. The molecule has 2 aromatic rings. The Hall–Kier alpha value is -2.55. The Kier molecular flexibility index (Phi) is 5.98. The lowest BCUT2D eigenvalue weighted by Crippen LogP contribution is -2.12. The second-order valence-electron chi connectivity index (χ2n) is 5.47. The maximum atomic E-state index is 11.2. The van der Waals surface area contributed by atoms with E-state index in [1.54, 1.807) is 6.92 Å². The van der Waals surface area contributed by atoms with Crippen molar-refractivity contribution in [2.75, 3.05) is 13.2 Å². The molecule has 0 aromatic heterocycles. The van der Waals surface area contributed by atoms with E-state index in [1.165, 1.54) is 11.1 Å². The summed E-state index contributed by atoms with van der Waals surface area (Å²) in [5.74, 6) is 0.711. The average Bonchev–Trinajstić information content (AvgIpc) is 2.59. The molecule has 0 amide bonds. The summed E-state index contributed by atoms with van der Waals surface area (Å²) < 4.78 is 10.6. The molecular weight excluding hydrogens is 288 g/mol. The molecule has 1 unspecified atom stereocenters. The van der Waals surface area contributed by atoms with Crippen molar-refractivity contribution in [1.82, 2.24) is 0 Å². The van der Waals surface area contributed by atoms with E-state index in [0.29, 0.717) is 18.1 Å². The molecule has 23 heavy (non-hydrogen) atoms. The molecule has 1 atom stereocenters. The highest BCUT2D eigenvalue weighted by atomic mass is 16.6. The molecule has 2 aromatic carbocycles. The van der Waals surface area contributed by atoms with Gasteiger partial charge in [0.05, 0.1) is 0 Å². The van der Waals surface area contributed by atoms with E-state index in [-0.39, 0.29) is 12.6 Å². The Labute approximate surface area is 137 Å². The topological polar surface area (TPSA) is 35.5 Å². The predicted octanol–water partition coefficient (Wildman–Crippen LogP) is 4.34. The Balaban J connectivity index is 1.85. The van der Waals surface area contributed by atoms with Crippen LogP contribution in [0.4, 0.5) is 0 Å². The normalized spacial score (nSPS) is 11.6. The zero-order valence-corrected chi connectivity index (χ0v) is 13.6. The van der Waals surface area contributed by atoms with Gasteiger partial charge in [-0.1, -0.05) is 56.0 Å². The quantitative estimate of drug-likeness (QED) is 0.433. The lowest BCUT2D eigenvalue weighted by Gasteiger charge is -2.13. The van der Waals surface area contributed by atoms with Crippen LogP contribution < -0.4 is 4.74 Å². The molecule has 0 fully saturated rings. The highest BCUT2D eigenvalue weighted by Gasteiger charge is 2.08. The van der Waals surface area contributed by atoms with E-state index < -0.39 is 0 Å². The fraction of sp³-hybridized carbons (Fsp3) is 0.250. The molecule has 0 aliphatic heterocycles. The zero-order chi connectivity index (χ0) is 16.7. The van der Waals surface area contributed by atoms with Crippen molar-refractivity contribution in [3.63, 3.8) is 0 Å². The number of benzene rings is 2. The fourth-order valence-electron chi connectivity index (χ4n) is 2.20. The zero-order valence-electron chi connectivity index (χ0n) is 13.6. The Morgan fingerprint density at radius 1 is 1.00 bits per heavy atom. The summed E-state index contributed by atoms with van der Waals surface area (Å²) in [7, 11) is 0. The molecule has 0 aliphatic carbocycles. The molecule has 0 heterocycles. The summed E-state index contributed by atoms with van der Waals surface area (Å²) in [5, 5.41) is 0. The molecule has 120 valence electrons. The Morgan fingerprint density at radius 2 is 1.61 bits per heavy atom. The summed E-state index contributed by atoms with van der Waals surface area (Å²) in [6.07, 6.45) is 0. The lowest BCUT2D eigenvalue weighted by molar-refractivity contribution is -0.139. The van der Waals surface area contributed by atoms with Gasteiger partial charge < -0.3 is 9.47 Å². The van der Waals surface area contributed by atoms with Crippen LogP contribution in [-0.4, -0.2) is 19.2 Å². The summed E-state index contributed by atoms with van der Waals surface area (Å²) in [5.41, 5.74) is 2.91. The van der Waals surface area contributed by atoms with Gasteiger partial charge in [0.25, 0.3) is 0 Å². The Bertz CT molecular complexity index is 644. The van der Waals surface area contributed by atoms with E-state index in [1.807, 2.05) is 18.2 Å². The molecule has 0 saturated heterocycles. The van der Waals surface area contributed by atoms with E-state index in [2.05, 4.69) is 49.9 Å². The van der Waals surface area contributed by atoms with Crippen LogP contribution in [0.25, 0.3) is 0 Å². The third-order valence-electron chi connectivity index (χ3n) is 3.61. The van der Waals surface area contributed by atoms with Crippen molar-refractivity contribution >= 4 is 5.97 Å². The predicted molar refractivity (Wildman–Crippen MR) is 91.7 cm³/mol. The minimum absolute atomic E-state index is 0.216. The van der Waals surface area contributed by atoms with E-state index in [9.17, 15) is 4.79 Å². The van der Waals surface area contributed by atoms with Crippen LogP contribution >= 0.6 is 0 Å². The first-order chi connectivity index (χ1) is 11.1. The minimum Gasteiger partial charge on any atom is -0.490 e. The van der Waals surface area contributed by atoms with Crippen molar-refractivity contribution < 1.29 is 14.3 Å². The molecule has 0 radical (unpaired) electrons. The summed E-state index contributed by atoms with van der Waals surface area (Å²) >= 11 is 0. The smallest absolute Gasteiger partial charge is 0.333 e. The van der Waals surface area contributed by atoms with E-state index in [4.69, 9.17) is 9.47 Å². The molecular formula is C20H22O3. The van der Waals surface area contributed by atoms with Crippen LogP contribution in [0.5, 0.6) is 5.75 Å². The fourth-order valence-corrected chi connectivity index (χ4v) is 2.20. The average molecular weight is 310 g/mol. The lowest BCUT2D eigenvalue weighted by atomic mass is 9.93. The molecule has 0 N–H and O–H groups in total. The van der Waals surface area contributed by atoms with Crippen molar-refractivity contribution in [3.8, 4) is 5.75 Å². The third-order valence-corrected chi connectivity index (χ3v) is 3.61. The van der Waals surface area contributed by atoms with Crippen LogP contribution in [-0.2, 0) is 9.53 Å². The number of hydrogen-bond acceptors (Lipinski definition) is 3. The van der Waals surface area contributed by atoms with Gasteiger partial charge in [0.1, 0.15) is 19.0 Å². The third kappa shape index (κ3) is 4.99. The summed E-state index contributed by atoms with van der Waals surface area (Å²) in [6, 6.07) is 18.4. The van der Waals surface area contributed by atoms with Crippen molar-refractivity contribution in [3.05, 3.63) is 77.9 Å². The Morgan fingerprint density at radius 3 is 2.22 bits per heavy atom. The molecule has 2 rings (SSSR count). The molecule has 0 saturated carbocycles. The molecule has 0 spiro atoms. The summed E-state index contributed by atoms with van der Waals surface area (Å²) in [6.45, 7) is 7.87. The standard InChI is InChI=1S/C20H22O3/c1-15(2)20(21)23-14-13-22-19-11-9-18(10-12-19)16(3)17-7-5-4-6-8-17/h4-12,16H,1,13-14H2,2-3H3. The van der Waals surface area contributed by atoms with Gasteiger partial charge in [-0.2, -0.15) is 0 Å². The highest BCUT2D eigenvalue weighted by molar-refractivity contribution is 5.86. The maximum absolute atomic E-state index is 11.2. The van der Waals surface area contributed by atoms with Gasteiger partial charge in [-0.15, -0.1) is 0 Å². The largest absolute Gasteiger partial charge is 0.490 e. The van der Waals surface area contributed by atoms with Crippen molar-refractivity contribution in [2.24, 2.45) is 0 Å². The van der Waals surface area contributed by atoms with Crippen LogP contribution in [0.15, 0.2) is 66.7 Å². The monoisotopic (exact) mass is 310 g/mol. The first-order valence-electron chi connectivity index (χ1n) is 7.68. The van der Waals surface area contributed by atoms with Gasteiger partial charge in [0.2, 0.25) is 0 Å². The first kappa shape index (κ1) is 16.8. The van der Waals surface area contributed by atoms with Crippen molar-refractivity contribution in [2.45, 2.75) is 19.8 Å². The van der Waals surface area contributed by atoms with Gasteiger partial charge in [-0.25, -0.2) is 4.79 Å². The molecule has 0 bridgehead atoms. The second kappa shape index (κ2) is 8.18. The minimum atomic E-state index is -0.388. The van der Waals surface area contributed by atoms with E-state index >= 15 is 0 Å². The van der Waals surface area contributed by atoms with Gasteiger partial charge in [0, 0.05) is 11.5 Å². The number of esters is 1. The van der Waals surface area contributed by atoms with Gasteiger partial charge >= 0.3 is 5.97 Å². The maximum Gasteiger partial charge on any atom is 0.333 e. The van der Waals surface area contributed by atoms with Crippen LogP contribution in [0.2, 0.25) is 0 Å². The van der Waals surface area contributed by atoms with Crippen LogP contribution in [0.3, 0.4) is 0 Å². The molecule has 0 aliphatic rings. The number of carbonyl (C=O) groups excluding carboxylic acids is 1. The highest BCUT2D eigenvalue weighted by Crippen LogP contribution is 2.25. The van der Waals surface area contributed by atoms with Gasteiger partial charge in [0.15, 0.2) is 0 Å². The first-order valence-corrected chi connectivity index (χ1v) is 7.68.